The van der Waals surface area contributed by atoms with Crippen LogP contribution in [0.4, 0.5) is 5.69 Å². The molecule has 4 rings (SSSR count). The molecule has 0 saturated carbocycles. The molecule has 0 spiro atoms. The van der Waals surface area contributed by atoms with Gasteiger partial charge < -0.3 is 11.1 Å². The smallest absolute Gasteiger partial charge is 0.328 e. The van der Waals surface area contributed by atoms with Crippen LogP contribution in [0.5, 0.6) is 0 Å². The Balaban J connectivity index is 1.47. The summed E-state index contributed by atoms with van der Waals surface area (Å²) in [6.07, 6.45) is 1.70. The van der Waals surface area contributed by atoms with Crippen LogP contribution in [-0.2, 0) is 22.7 Å². The number of primary amides is 1. The van der Waals surface area contributed by atoms with E-state index in [1.165, 1.54) is 4.57 Å². The fraction of sp³-hybridized carbons (Fsp3) is 0.304. The van der Waals surface area contributed by atoms with Gasteiger partial charge in [0.25, 0.3) is 5.56 Å². The van der Waals surface area contributed by atoms with Gasteiger partial charge in [-0.15, -0.1) is 0 Å². The van der Waals surface area contributed by atoms with Gasteiger partial charge in [0.2, 0.25) is 11.8 Å². The Labute approximate surface area is 183 Å². The minimum atomic E-state index is -0.548. The Hall–Kier alpha value is -3.72. The predicted octanol–water partition coefficient (Wildman–Crippen LogP) is 1.17. The van der Waals surface area contributed by atoms with Crippen LogP contribution in [0.1, 0.15) is 24.8 Å². The summed E-state index contributed by atoms with van der Waals surface area (Å²) in [6.45, 7) is 1.41. The van der Waals surface area contributed by atoms with Crippen LogP contribution < -0.4 is 22.3 Å². The molecular weight excluding hydrogens is 410 g/mol. The molecule has 1 aromatic heterocycles. The maximum Gasteiger partial charge on any atom is 0.328 e. The van der Waals surface area contributed by atoms with Gasteiger partial charge >= 0.3 is 5.69 Å². The lowest BCUT2D eigenvalue weighted by Gasteiger charge is -2.23. The van der Waals surface area contributed by atoms with Crippen LogP contribution in [-0.4, -0.2) is 38.9 Å². The highest BCUT2D eigenvalue weighted by atomic mass is 16.2. The number of para-hydroxylation sites is 2. The molecule has 1 fully saturated rings. The summed E-state index contributed by atoms with van der Waals surface area (Å²) in [6, 6.07) is 13.9. The standard InChI is InChI=1S/C23H25N5O4/c24-21(30)19-10-5-12-27(19)14-15-6-1-3-8-17(15)25-20(29)11-13-28-18-9-4-2-7-16(18)22(31)26-23(28)32/h1-4,6-9,19H,5,10-14H2,(H2,24,30)(H,25,29)(H,26,31,32). The summed E-state index contributed by atoms with van der Waals surface area (Å²) in [5, 5.41) is 3.30. The van der Waals surface area contributed by atoms with Crippen LogP contribution in [0.15, 0.2) is 58.1 Å². The van der Waals surface area contributed by atoms with E-state index < -0.39 is 11.2 Å². The molecule has 1 saturated heterocycles. The Morgan fingerprint density at radius 2 is 1.84 bits per heavy atom. The maximum atomic E-state index is 12.7. The zero-order valence-corrected chi connectivity index (χ0v) is 17.5. The number of aromatic amines is 1. The van der Waals surface area contributed by atoms with Gasteiger partial charge in [-0.2, -0.15) is 0 Å². The summed E-state index contributed by atoms with van der Waals surface area (Å²) in [4.78, 5) is 53.0. The highest BCUT2D eigenvalue weighted by molar-refractivity contribution is 5.91. The van der Waals surface area contributed by atoms with E-state index in [9.17, 15) is 19.2 Å². The normalized spacial score (nSPS) is 16.3. The lowest BCUT2D eigenvalue weighted by atomic mass is 10.1. The topological polar surface area (TPSA) is 130 Å². The van der Waals surface area contributed by atoms with E-state index in [4.69, 9.17) is 5.73 Å². The molecule has 9 nitrogen and oxygen atoms in total. The lowest BCUT2D eigenvalue weighted by molar-refractivity contribution is -0.122. The highest BCUT2D eigenvalue weighted by Gasteiger charge is 2.29. The van der Waals surface area contributed by atoms with Gasteiger partial charge in [0.1, 0.15) is 0 Å². The molecule has 166 valence electrons. The Morgan fingerprint density at radius 3 is 2.66 bits per heavy atom. The lowest BCUT2D eigenvalue weighted by Crippen LogP contribution is -2.39. The second-order valence-electron chi connectivity index (χ2n) is 7.91. The third-order valence-corrected chi connectivity index (χ3v) is 5.82. The van der Waals surface area contributed by atoms with Crippen molar-refractivity contribution in [1.29, 1.82) is 0 Å². The van der Waals surface area contributed by atoms with Gasteiger partial charge in [0.15, 0.2) is 0 Å². The van der Waals surface area contributed by atoms with Gasteiger partial charge in [0.05, 0.1) is 16.9 Å². The largest absolute Gasteiger partial charge is 0.368 e. The molecule has 3 aromatic rings. The first-order valence-corrected chi connectivity index (χ1v) is 10.6. The average Bonchev–Trinajstić information content (AvgIpc) is 3.23. The fourth-order valence-electron chi connectivity index (χ4n) is 4.23. The SMILES string of the molecule is NC(=O)C1CCCN1Cc1ccccc1NC(=O)CCn1c(=O)[nH]c(=O)c2ccccc21. The van der Waals surface area contributed by atoms with Crippen molar-refractivity contribution in [1.82, 2.24) is 14.5 Å². The van der Waals surface area contributed by atoms with E-state index in [2.05, 4.69) is 10.3 Å². The number of rotatable bonds is 7. The van der Waals surface area contributed by atoms with Crippen LogP contribution in [0.2, 0.25) is 0 Å². The fourth-order valence-corrected chi connectivity index (χ4v) is 4.23. The number of anilines is 1. The second kappa shape index (κ2) is 9.19. The van der Waals surface area contributed by atoms with Crippen LogP contribution in [0.25, 0.3) is 10.9 Å². The number of carbonyl (C=O) groups excluding carboxylic acids is 2. The van der Waals surface area contributed by atoms with Crippen molar-refractivity contribution in [2.24, 2.45) is 5.73 Å². The van der Waals surface area contributed by atoms with Gasteiger partial charge in [-0.25, -0.2) is 4.79 Å². The average molecular weight is 435 g/mol. The Bertz CT molecular complexity index is 1280. The van der Waals surface area contributed by atoms with Crippen molar-refractivity contribution in [2.45, 2.75) is 38.4 Å². The first-order valence-electron chi connectivity index (χ1n) is 10.6. The molecule has 2 amide bonds. The summed E-state index contributed by atoms with van der Waals surface area (Å²) in [5.41, 5.74) is 6.56. The number of amides is 2. The summed E-state index contributed by atoms with van der Waals surface area (Å²) in [5.74, 6) is -0.588. The molecule has 2 aromatic carbocycles. The third-order valence-electron chi connectivity index (χ3n) is 5.82. The van der Waals surface area contributed by atoms with Crippen molar-refractivity contribution >= 4 is 28.4 Å². The number of aromatic nitrogens is 2. The minimum Gasteiger partial charge on any atom is -0.368 e. The van der Waals surface area contributed by atoms with E-state index >= 15 is 0 Å². The summed E-state index contributed by atoms with van der Waals surface area (Å²) >= 11 is 0. The molecule has 32 heavy (non-hydrogen) atoms. The van der Waals surface area contributed by atoms with Gasteiger partial charge in [-0.05, 0) is 43.1 Å². The summed E-state index contributed by atoms with van der Waals surface area (Å²) in [7, 11) is 0. The number of fused-ring (bicyclic) bond motifs is 1. The van der Waals surface area contributed by atoms with Crippen LogP contribution >= 0.6 is 0 Å². The van der Waals surface area contributed by atoms with Gasteiger partial charge in [0, 0.05) is 25.2 Å². The molecule has 0 radical (unpaired) electrons. The number of nitrogens with two attached hydrogens (primary N) is 1. The highest BCUT2D eigenvalue weighted by Crippen LogP contribution is 2.24. The van der Waals surface area contributed by atoms with Crippen molar-refractivity contribution < 1.29 is 9.59 Å². The number of nitrogens with one attached hydrogen (secondary N) is 2. The van der Waals surface area contributed by atoms with Crippen LogP contribution in [0.3, 0.4) is 0 Å². The molecule has 4 N–H and O–H groups in total. The summed E-state index contributed by atoms with van der Waals surface area (Å²) < 4.78 is 1.39. The Morgan fingerprint density at radius 1 is 1.09 bits per heavy atom. The van der Waals surface area contributed by atoms with E-state index in [0.717, 1.165) is 24.9 Å². The van der Waals surface area contributed by atoms with Crippen molar-refractivity contribution in [3.05, 3.63) is 74.9 Å². The first kappa shape index (κ1) is 21.5. The van der Waals surface area contributed by atoms with E-state index in [1.54, 1.807) is 24.3 Å². The maximum absolute atomic E-state index is 12.7. The molecule has 0 bridgehead atoms. The Kier molecular flexibility index (Phi) is 6.18. The quantitative estimate of drug-likeness (QED) is 0.513. The van der Waals surface area contributed by atoms with Crippen molar-refractivity contribution in [3.63, 3.8) is 0 Å². The number of hydrogen-bond donors (Lipinski definition) is 3. The zero-order chi connectivity index (χ0) is 22.7. The molecular formula is C23H25N5O4. The van der Waals surface area contributed by atoms with Crippen LogP contribution in [0, 0.1) is 0 Å². The predicted molar refractivity (Wildman–Crippen MR) is 121 cm³/mol. The number of likely N-dealkylation sites (tertiary alicyclic amines) is 1. The minimum absolute atomic E-state index is 0.0535. The number of benzene rings is 2. The number of nitrogens with zero attached hydrogens (tertiary/aromatic N) is 2. The van der Waals surface area contributed by atoms with E-state index in [0.29, 0.717) is 23.1 Å². The third kappa shape index (κ3) is 4.47. The van der Waals surface area contributed by atoms with E-state index in [-0.39, 0.29) is 30.8 Å². The van der Waals surface area contributed by atoms with Gasteiger partial charge in [-0.1, -0.05) is 30.3 Å². The molecule has 1 unspecified atom stereocenters. The molecule has 1 aliphatic rings. The second-order valence-corrected chi connectivity index (χ2v) is 7.91. The zero-order valence-electron chi connectivity index (χ0n) is 17.5. The van der Waals surface area contributed by atoms with Crippen molar-refractivity contribution in [2.75, 3.05) is 11.9 Å². The molecule has 2 heterocycles. The molecule has 1 aliphatic heterocycles. The van der Waals surface area contributed by atoms with Gasteiger partial charge in [-0.3, -0.25) is 28.8 Å². The first-order chi connectivity index (χ1) is 15.4. The monoisotopic (exact) mass is 435 g/mol. The number of carbonyl (C=O) groups is 2. The van der Waals surface area contributed by atoms with Crippen molar-refractivity contribution in [3.8, 4) is 0 Å². The molecule has 1 atom stereocenters. The molecule has 0 aliphatic carbocycles. The van der Waals surface area contributed by atoms with E-state index in [1.807, 2.05) is 29.2 Å². The number of H-pyrrole nitrogens is 1. The number of aryl methyl sites for hydroxylation is 1. The molecule has 9 heteroatoms. The number of hydrogen-bond acceptors (Lipinski definition) is 5.